The Morgan fingerprint density at radius 2 is 2.00 bits per heavy atom. The number of nitrogens with zero attached hydrogens (tertiary/aromatic N) is 4. The molecule has 0 saturated carbocycles. The van der Waals surface area contributed by atoms with Gasteiger partial charge in [-0.15, -0.1) is 0 Å². The van der Waals surface area contributed by atoms with Crippen LogP contribution in [0.5, 0.6) is 0 Å². The second-order valence-electron chi connectivity index (χ2n) is 3.42. The summed E-state index contributed by atoms with van der Waals surface area (Å²) in [5.74, 6) is 0. The van der Waals surface area contributed by atoms with E-state index in [9.17, 15) is 0 Å². The molecule has 0 spiro atoms. The van der Waals surface area contributed by atoms with Gasteiger partial charge in [-0.1, -0.05) is 23.2 Å². The summed E-state index contributed by atoms with van der Waals surface area (Å²) in [6, 6.07) is 3.63. The predicted molar refractivity (Wildman–Crippen MR) is 66.2 cm³/mol. The predicted octanol–water partition coefficient (Wildman–Crippen LogP) is 3.10. The maximum atomic E-state index is 6.04. The van der Waals surface area contributed by atoms with E-state index in [4.69, 9.17) is 23.2 Å². The van der Waals surface area contributed by atoms with E-state index < -0.39 is 0 Å². The molecule has 0 aliphatic carbocycles. The molecule has 3 aromatic heterocycles. The lowest BCUT2D eigenvalue weighted by Crippen LogP contribution is -1.91. The van der Waals surface area contributed by atoms with Crippen LogP contribution < -0.4 is 0 Å². The first kappa shape index (κ1) is 10.5. The number of pyridine rings is 1. The minimum absolute atomic E-state index is 0.347. The van der Waals surface area contributed by atoms with E-state index in [1.54, 1.807) is 18.5 Å². The van der Waals surface area contributed by atoms with Gasteiger partial charge in [0.05, 0.1) is 29.3 Å². The second-order valence-corrected chi connectivity index (χ2v) is 4.21. The summed E-state index contributed by atoms with van der Waals surface area (Å²) in [6.45, 7) is 0. The van der Waals surface area contributed by atoms with Gasteiger partial charge in [0.15, 0.2) is 5.65 Å². The van der Waals surface area contributed by atoms with Crippen molar-refractivity contribution in [3.63, 3.8) is 0 Å². The number of fused-ring (bicyclic) bond motifs is 1. The van der Waals surface area contributed by atoms with Gasteiger partial charge in [0.2, 0.25) is 0 Å². The zero-order valence-corrected chi connectivity index (χ0v) is 10.0. The van der Waals surface area contributed by atoms with Crippen LogP contribution in [-0.4, -0.2) is 19.4 Å². The van der Waals surface area contributed by atoms with E-state index in [1.165, 1.54) is 6.20 Å². The number of aromatic nitrogens is 4. The van der Waals surface area contributed by atoms with Crippen LogP contribution in [0.15, 0.2) is 36.9 Å². The van der Waals surface area contributed by atoms with E-state index in [2.05, 4.69) is 15.0 Å². The molecule has 0 N–H and O–H groups in total. The molecule has 3 heterocycles. The average Bonchev–Trinajstić information content (AvgIpc) is 2.74. The third-order valence-corrected chi connectivity index (χ3v) is 2.83. The molecule has 0 amide bonds. The van der Waals surface area contributed by atoms with Crippen LogP contribution in [0.2, 0.25) is 10.2 Å². The van der Waals surface area contributed by atoms with Crippen molar-refractivity contribution in [2.75, 3.05) is 0 Å². The van der Waals surface area contributed by atoms with Crippen molar-refractivity contribution in [1.82, 2.24) is 19.4 Å². The fraction of sp³-hybridized carbons (Fsp3) is 0. The number of rotatable bonds is 1. The molecule has 3 rings (SSSR count). The molecular weight excluding hydrogens is 259 g/mol. The molecule has 0 saturated heterocycles. The third kappa shape index (κ3) is 1.75. The highest BCUT2D eigenvalue weighted by molar-refractivity contribution is 6.33. The standard InChI is InChI=1S/C11H6Cl2N4/c12-7-2-1-3-17-9(5-15-11(7)17)8-4-14-6-10(13)16-8/h1-6H. The highest BCUT2D eigenvalue weighted by atomic mass is 35.5. The summed E-state index contributed by atoms with van der Waals surface area (Å²) >= 11 is 11.9. The monoisotopic (exact) mass is 264 g/mol. The normalized spacial score (nSPS) is 10.9. The van der Waals surface area contributed by atoms with Gasteiger partial charge >= 0.3 is 0 Å². The van der Waals surface area contributed by atoms with Crippen molar-refractivity contribution in [1.29, 1.82) is 0 Å². The Morgan fingerprint density at radius 1 is 1.12 bits per heavy atom. The third-order valence-electron chi connectivity index (χ3n) is 2.36. The highest BCUT2D eigenvalue weighted by Crippen LogP contribution is 2.23. The molecule has 6 heteroatoms. The second kappa shape index (κ2) is 3.98. The van der Waals surface area contributed by atoms with Crippen molar-refractivity contribution < 1.29 is 0 Å². The Labute approximate surface area is 107 Å². The fourth-order valence-corrected chi connectivity index (χ4v) is 1.99. The van der Waals surface area contributed by atoms with Crippen molar-refractivity contribution in [3.8, 4) is 11.4 Å². The van der Waals surface area contributed by atoms with Crippen LogP contribution in [0.25, 0.3) is 17.0 Å². The van der Waals surface area contributed by atoms with Crippen molar-refractivity contribution in [3.05, 3.63) is 47.1 Å². The molecule has 0 bridgehead atoms. The van der Waals surface area contributed by atoms with Crippen molar-refractivity contribution in [2.24, 2.45) is 0 Å². The molecule has 3 aromatic rings. The molecule has 17 heavy (non-hydrogen) atoms. The SMILES string of the molecule is Clc1cncc(-c2cnc3c(Cl)cccn23)n1. The maximum Gasteiger partial charge on any atom is 0.156 e. The van der Waals surface area contributed by atoms with Crippen LogP contribution in [0.4, 0.5) is 0 Å². The minimum atomic E-state index is 0.347. The number of hydrogen-bond donors (Lipinski definition) is 0. The van der Waals surface area contributed by atoms with E-state index in [0.29, 0.717) is 21.5 Å². The number of halogens is 2. The molecule has 0 unspecified atom stereocenters. The molecule has 0 aromatic carbocycles. The molecule has 84 valence electrons. The lowest BCUT2D eigenvalue weighted by molar-refractivity contribution is 1.14. The zero-order valence-electron chi connectivity index (χ0n) is 8.51. The molecule has 0 aliphatic heterocycles. The Bertz CT molecular complexity index is 693. The first-order chi connectivity index (χ1) is 8.25. The molecule has 0 radical (unpaired) electrons. The Kier molecular flexibility index (Phi) is 2.46. The number of imidazole rings is 1. The van der Waals surface area contributed by atoms with Gasteiger partial charge in [0, 0.05) is 6.20 Å². The van der Waals surface area contributed by atoms with Gasteiger partial charge < -0.3 is 0 Å². The van der Waals surface area contributed by atoms with E-state index in [-0.39, 0.29) is 0 Å². The smallest absolute Gasteiger partial charge is 0.156 e. The summed E-state index contributed by atoms with van der Waals surface area (Å²) < 4.78 is 1.85. The van der Waals surface area contributed by atoms with Crippen LogP contribution in [0.1, 0.15) is 0 Å². The average molecular weight is 265 g/mol. The van der Waals surface area contributed by atoms with Gasteiger partial charge in [-0.2, -0.15) is 0 Å². The van der Waals surface area contributed by atoms with Gasteiger partial charge in [-0.05, 0) is 12.1 Å². The quantitative estimate of drug-likeness (QED) is 0.679. The van der Waals surface area contributed by atoms with Gasteiger partial charge in [-0.25, -0.2) is 9.97 Å². The maximum absolute atomic E-state index is 6.04. The largest absolute Gasteiger partial charge is 0.297 e. The van der Waals surface area contributed by atoms with E-state index in [1.807, 2.05) is 16.7 Å². The molecule has 0 atom stereocenters. The van der Waals surface area contributed by atoms with E-state index >= 15 is 0 Å². The van der Waals surface area contributed by atoms with Gasteiger partial charge in [-0.3, -0.25) is 9.38 Å². The number of hydrogen-bond acceptors (Lipinski definition) is 3. The van der Waals surface area contributed by atoms with Gasteiger partial charge in [0.25, 0.3) is 0 Å². The van der Waals surface area contributed by atoms with Crippen LogP contribution in [0, 0.1) is 0 Å². The van der Waals surface area contributed by atoms with Crippen LogP contribution >= 0.6 is 23.2 Å². The van der Waals surface area contributed by atoms with Crippen LogP contribution in [0.3, 0.4) is 0 Å². The fourth-order valence-electron chi connectivity index (χ4n) is 1.63. The lowest BCUT2D eigenvalue weighted by atomic mass is 10.3. The summed E-state index contributed by atoms with van der Waals surface area (Å²) in [6.07, 6.45) is 6.69. The van der Waals surface area contributed by atoms with Crippen LogP contribution in [-0.2, 0) is 0 Å². The summed E-state index contributed by atoms with van der Waals surface area (Å²) in [5, 5.41) is 0.938. The summed E-state index contributed by atoms with van der Waals surface area (Å²) in [4.78, 5) is 12.4. The first-order valence-corrected chi connectivity index (χ1v) is 5.61. The first-order valence-electron chi connectivity index (χ1n) is 4.85. The lowest BCUT2D eigenvalue weighted by Gasteiger charge is -2.01. The minimum Gasteiger partial charge on any atom is -0.297 e. The van der Waals surface area contributed by atoms with E-state index in [0.717, 1.165) is 5.69 Å². The molecule has 0 aliphatic rings. The van der Waals surface area contributed by atoms with Crippen molar-refractivity contribution >= 4 is 28.8 Å². The molecule has 4 nitrogen and oxygen atoms in total. The van der Waals surface area contributed by atoms with Gasteiger partial charge in [0.1, 0.15) is 10.8 Å². The van der Waals surface area contributed by atoms with Crippen molar-refractivity contribution in [2.45, 2.75) is 0 Å². The molecular formula is C11H6Cl2N4. The molecule has 0 fully saturated rings. The highest BCUT2D eigenvalue weighted by Gasteiger charge is 2.09. The zero-order chi connectivity index (χ0) is 11.8. The summed E-state index contributed by atoms with van der Waals surface area (Å²) in [7, 11) is 0. The Hall–Kier alpha value is -1.65. The Balaban J connectivity index is 2.28. The Morgan fingerprint density at radius 3 is 2.82 bits per heavy atom. The summed E-state index contributed by atoms with van der Waals surface area (Å²) in [5.41, 5.74) is 2.15. The topological polar surface area (TPSA) is 43.1 Å².